The van der Waals surface area contributed by atoms with Crippen LogP contribution in [0.5, 0.6) is 0 Å². The summed E-state index contributed by atoms with van der Waals surface area (Å²) in [5, 5.41) is 2.49. The second-order valence-corrected chi connectivity index (χ2v) is 16.8. The second kappa shape index (κ2) is 11.3. The van der Waals surface area contributed by atoms with Crippen molar-refractivity contribution in [2.45, 2.75) is 64.2 Å². The maximum absolute atomic E-state index is 2.54. The highest BCUT2D eigenvalue weighted by Crippen LogP contribution is 2.54. The highest BCUT2D eigenvalue weighted by Gasteiger charge is 2.38. The molecular weight excluding hydrogens is 653 g/mol. The van der Waals surface area contributed by atoms with E-state index in [1.54, 1.807) is 11.1 Å². The summed E-state index contributed by atoms with van der Waals surface area (Å²) in [5.74, 6) is 0. The van der Waals surface area contributed by atoms with E-state index in [9.17, 15) is 0 Å². The number of anilines is 3. The zero-order valence-electron chi connectivity index (χ0n) is 31.6. The van der Waals surface area contributed by atoms with Crippen molar-refractivity contribution in [3.05, 3.63) is 178 Å². The monoisotopic (exact) mass is 696 g/mol. The van der Waals surface area contributed by atoms with E-state index < -0.39 is 0 Å². The van der Waals surface area contributed by atoms with Crippen LogP contribution >= 0.6 is 0 Å². The van der Waals surface area contributed by atoms with E-state index in [0.717, 1.165) is 25.7 Å². The van der Waals surface area contributed by atoms with E-state index in [-0.39, 0.29) is 10.8 Å². The van der Waals surface area contributed by atoms with Crippen molar-refractivity contribution < 1.29 is 0 Å². The molecule has 4 aliphatic carbocycles. The molecule has 262 valence electrons. The van der Waals surface area contributed by atoms with Gasteiger partial charge in [0.15, 0.2) is 0 Å². The number of rotatable bonds is 4. The highest BCUT2D eigenvalue weighted by molar-refractivity contribution is 6.00. The Balaban J connectivity index is 1.07. The molecule has 0 amide bonds. The maximum Gasteiger partial charge on any atom is 0.0540 e. The van der Waals surface area contributed by atoms with Gasteiger partial charge in [0.25, 0.3) is 0 Å². The molecule has 0 aliphatic heterocycles. The molecule has 0 fully saturated rings. The molecule has 0 N–H and O–H groups in total. The Bertz CT molecular complexity index is 2740. The number of fused-ring (bicyclic) bond motifs is 10. The maximum atomic E-state index is 2.54. The lowest BCUT2D eigenvalue weighted by Crippen LogP contribution is -2.18. The largest absolute Gasteiger partial charge is 0.310 e. The molecule has 54 heavy (non-hydrogen) atoms. The Labute approximate surface area is 318 Å². The summed E-state index contributed by atoms with van der Waals surface area (Å²) in [6.07, 6.45) is 14.0. The minimum atomic E-state index is -0.179. The first-order chi connectivity index (χ1) is 26.3. The average molecular weight is 697 g/mol. The molecular formula is C52H44N2. The number of hydrogen-bond acceptors (Lipinski definition) is 1. The molecule has 0 bridgehead atoms. The first-order valence-corrected chi connectivity index (χ1v) is 19.7. The lowest BCUT2D eigenvalue weighted by molar-refractivity contribution is 0.659. The molecule has 0 atom stereocenters. The Morgan fingerprint density at radius 2 is 1.04 bits per heavy atom. The Morgan fingerprint density at radius 3 is 1.72 bits per heavy atom. The minimum absolute atomic E-state index is 0.0879. The Hall–Kier alpha value is -5.86. The summed E-state index contributed by atoms with van der Waals surface area (Å²) in [4.78, 5) is 2.50. The lowest BCUT2D eigenvalue weighted by Gasteiger charge is -2.30. The van der Waals surface area contributed by atoms with E-state index in [0.29, 0.717) is 0 Å². The average Bonchev–Trinajstić information content (AvgIpc) is 3.75. The second-order valence-electron chi connectivity index (χ2n) is 16.8. The Kier molecular flexibility index (Phi) is 6.64. The van der Waals surface area contributed by atoms with Crippen LogP contribution < -0.4 is 4.90 Å². The minimum Gasteiger partial charge on any atom is -0.310 e. The summed E-state index contributed by atoms with van der Waals surface area (Å²) in [7, 11) is 0. The summed E-state index contributed by atoms with van der Waals surface area (Å²) in [6, 6.07) is 46.0. The van der Waals surface area contributed by atoms with Crippen LogP contribution in [0.15, 0.2) is 133 Å². The lowest BCUT2D eigenvalue weighted by atomic mass is 9.82. The number of benzene rings is 6. The first kappa shape index (κ1) is 31.6. The molecule has 6 aromatic carbocycles. The van der Waals surface area contributed by atoms with Gasteiger partial charge in [-0.05, 0) is 141 Å². The van der Waals surface area contributed by atoms with Crippen molar-refractivity contribution >= 4 is 40.0 Å². The third kappa shape index (κ3) is 4.34. The Morgan fingerprint density at radius 1 is 0.500 bits per heavy atom. The fourth-order valence-electron chi connectivity index (χ4n) is 10.4. The third-order valence-electron chi connectivity index (χ3n) is 13.1. The van der Waals surface area contributed by atoms with Crippen molar-refractivity contribution in [1.29, 1.82) is 0 Å². The van der Waals surface area contributed by atoms with Gasteiger partial charge in [-0.15, -0.1) is 0 Å². The molecule has 0 unspecified atom stereocenters. The quantitative estimate of drug-likeness (QED) is 0.178. The molecule has 0 saturated carbocycles. The van der Waals surface area contributed by atoms with Crippen LogP contribution in [0.2, 0.25) is 0 Å². The highest BCUT2D eigenvalue weighted by atomic mass is 15.1. The predicted octanol–water partition coefficient (Wildman–Crippen LogP) is 13.6. The van der Waals surface area contributed by atoms with E-state index >= 15 is 0 Å². The fraction of sp³-hybridized carbons (Fsp3) is 0.192. The standard InChI is InChI=1S/C52H44N2/c1-51(2)44-20-10-7-17-38(44)39-27-24-34(30-45(39)51)53(48-23-13-15-33-14-5-6-16-37(33)48)35-25-28-40-41-29-26-36(32-47(41)52(3,4)46(40)31-35)54-49-21-11-8-18-42(49)43-19-9-12-22-50(43)54/h5-7,10-17,20-32H,8-9,18-19H2,1-4H3. The van der Waals surface area contributed by atoms with Gasteiger partial charge in [0.05, 0.1) is 5.69 Å². The SMILES string of the molecule is CC1(C)c2ccccc2-c2ccc(N(c3ccc4c(c3)C(C)(C)c3cc(-n5c6c(c7c5C=CCC7)CCC=C6)ccc3-4)c3cccc4ccccc34)cc21. The molecule has 2 heteroatoms. The van der Waals surface area contributed by atoms with E-state index in [4.69, 9.17) is 0 Å². The van der Waals surface area contributed by atoms with E-state index in [2.05, 4.69) is 183 Å². The smallest absolute Gasteiger partial charge is 0.0540 e. The molecule has 4 aliphatic rings. The number of allylic oxidation sites excluding steroid dienone is 2. The van der Waals surface area contributed by atoms with E-state index in [1.807, 2.05) is 0 Å². The zero-order valence-corrected chi connectivity index (χ0v) is 31.6. The first-order valence-electron chi connectivity index (χ1n) is 19.7. The van der Waals surface area contributed by atoms with Gasteiger partial charge in [-0.3, -0.25) is 0 Å². The molecule has 1 aromatic heterocycles. The van der Waals surface area contributed by atoms with Crippen LogP contribution in [0.4, 0.5) is 17.1 Å². The molecule has 11 rings (SSSR count). The van der Waals surface area contributed by atoms with Crippen LogP contribution in [-0.2, 0) is 23.7 Å². The molecule has 0 saturated heterocycles. The number of nitrogens with zero attached hydrogens (tertiary/aromatic N) is 2. The summed E-state index contributed by atoms with van der Waals surface area (Å²) in [5.41, 5.74) is 21.4. The van der Waals surface area contributed by atoms with Gasteiger partial charge in [0, 0.05) is 44.7 Å². The topological polar surface area (TPSA) is 8.17 Å². The summed E-state index contributed by atoms with van der Waals surface area (Å²) in [6.45, 7) is 9.59. The summed E-state index contributed by atoms with van der Waals surface area (Å²) >= 11 is 0. The van der Waals surface area contributed by atoms with Gasteiger partial charge < -0.3 is 9.47 Å². The van der Waals surface area contributed by atoms with Gasteiger partial charge in [-0.25, -0.2) is 0 Å². The molecule has 0 spiro atoms. The van der Waals surface area contributed by atoms with Crippen molar-refractivity contribution in [3.8, 4) is 27.9 Å². The molecule has 0 radical (unpaired) electrons. The van der Waals surface area contributed by atoms with Crippen LogP contribution in [0.25, 0.3) is 50.9 Å². The van der Waals surface area contributed by atoms with Gasteiger partial charge in [0.1, 0.15) is 0 Å². The van der Waals surface area contributed by atoms with Crippen molar-refractivity contribution in [2.24, 2.45) is 0 Å². The molecule has 7 aromatic rings. The van der Waals surface area contributed by atoms with Crippen LogP contribution in [0.3, 0.4) is 0 Å². The van der Waals surface area contributed by atoms with Crippen LogP contribution in [0.1, 0.15) is 85.3 Å². The van der Waals surface area contributed by atoms with Gasteiger partial charge in [0.2, 0.25) is 0 Å². The normalized spacial score (nSPS) is 16.4. The molecule has 2 nitrogen and oxygen atoms in total. The van der Waals surface area contributed by atoms with Gasteiger partial charge in [-0.1, -0.05) is 119 Å². The van der Waals surface area contributed by atoms with Crippen molar-refractivity contribution in [1.82, 2.24) is 4.57 Å². The van der Waals surface area contributed by atoms with E-state index in [1.165, 1.54) is 89.4 Å². The van der Waals surface area contributed by atoms with Crippen molar-refractivity contribution in [2.75, 3.05) is 4.90 Å². The van der Waals surface area contributed by atoms with Gasteiger partial charge in [-0.2, -0.15) is 0 Å². The summed E-state index contributed by atoms with van der Waals surface area (Å²) < 4.78 is 2.54. The van der Waals surface area contributed by atoms with Crippen LogP contribution in [-0.4, -0.2) is 4.57 Å². The van der Waals surface area contributed by atoms with Gasteiger partial charge >= 0.3 is 0 Å². The predicted molar refractivity (Wildman–Crippen MR) is 228 cm³/mol. The number of aromatic nitrogens is 1. The third-order valence-corrected chi connectivity index (χ3v) is 13.1. The van der Waals surface area contributed by atoms with Crippen molar-refractivity contribution in [3.63, 3.8) is 0 Å². The van der Waals surface area contributed by atoms with Crippen LogP contribution in [0, 0.1) is 0 Å². The molecule has 1 heterocycles. The zero-order chi connectivity index (χ0) is 36.3. The fourth-order valence-corrected chi connectivity index (χ4v) is 10.4. The number of hydrogen-bond donors (Lipinski definition) is 0.